The lowest BCUT2D eigenvalue weighted by molar-refractivity contribution is -0.274. The molecule has 0 atom stereocenters. The summed E-state index contributed by atoms with van der Waals surface area (Å²) in [5.41, 5.74) is 7.94. The number of benzene rings is 2. The molecule has 1 aliphatic carbocycles. The second-order valence-corrected chi connectivity index (χ2v) is 8.07. The second-order valence-electron chi connectivity index (χ2n) is 7.63. The molecule has 2 aromatic carbocycles. The van der Waals surface area contributed by atoms with Gasteiger partial charge in [-0.15, -0.1) is 13.2 Å². The molecule has 1 fully saturated rings. The fourth-order valence-electron chi connectivity index (χ4n) is 3.75. The Morgan fingerprint density at radius 2 is 1.75 bits per heavy atom. The highest BCUT2D eigenvalue weighted by Gasteiger charge is 2.40. The molecule has 0 radical (unpaired) electrons. The summed E-state index contributed by atoms with van der Waals surface area (Å²) in [6.45, 7) is 0. The first-order valence-electron chi connectivity index (χ1n) is 9.85. The maximum Gasteiger partial charge on any atom is 0.573 e. The molecule has 1 saturated carbocycles. The Labute approximate surface area is 187 Å². The van der Waals surface area contributed by atoms with Gasteiger partial charge in [0.1, 0.15) is 5.75 Å². The predicted molar refractivity (Wildman–Crippen MR) is 115 cm³/mol. The average molecular weight is 462 g/mol. The van der Waals surface area contributed by atoms with Crippen LogP contribution in [0.4, 0.5) is 18.9 Å². The monoisotopic (exact) mass is 461 g/mol. The number of hydrogen-bond acceptors (Lipinski definition) is 4. The predicted octanol–water partition coefficient (Wildman–Crippen LogP) is 5.69. The quantitative estimate of drug-likeness (QED) is 0.511. The minimum absolute atomic E-state index is 0.0638. The van der Waals surface area contributed by atoms with E-state index < -0.39 is 17.7 Å². The van der Waals surface area contributed by atoms with Crippen molar-refractivity contribution in [1.82, 2.24) is 10.3 Å². The van der Waals surface area contributed by atoms with Gasteiger partial charge in [-0.2, -0.15) is 0 Å². The lowest BCUT2D eigenvalue weighted by Gasteiger charge is -2.43. The third-order valence-corrected chi connectivity index (χ3v) is 5.75. The normalized spacial score (nSPS) is 15.0. The Balaban J connectivity index is 1.53. The van der Waals surface area contributed by atoms with Crippen LogP contribution in [0.15, 0.2) is 60.8 Å². The highest BCUT2D eigenvalue weighted by Crippen LogP contribution is 2.42. The van der Waals surface area contributed by atoms with Crippen LogP contribution >= 0.6 is 11.6 Å². The van der Waals surface area contributed by atoms with E-state index in [2.05, 4.69) is 15.0 Å². The number of aromatic nitrogens is 1. The topological polar surface area (TPSA) is 77.2 Å². The molecule has 1 aliphatic rings. The van der Waals surface area contributed by atoms with Crippen molar-refractivity contribution < 1.29 is 22.7 Å². The highest BCUT2D eigenvalue weighted by molar-refractivity contribution is 6.30. The number of hydrogen-bond donors (Lipinski definition) is 2. The lowest BCUT2D eigenvalue weighted by Crippen LogP contribution is -2.50. The van der Waals surface area contributed by atoms with Crippen LogP contribution in [0.1, 0.15) is 35.2 Å². The number of ether oxygens (including phenoxy) is 1. The van der Waals surface area contributed by atoms with Crippen LogP contribution in [-0.4, -0.2) is 17.3 Å². The Kier molecular flexibility index (Phi) is 5.73. The van der Waals surface area contributed by atoms with E-state index in [9.17, 15) is 18.0 Å². The van der Waals surface area contributed by atoms with Gasteiger partial charge in [0.25, 0.3) is 5.91 Å². The first-order chi connectivity index (χ1) is 15.2. The molecule has 1 aromatic heterocycles. The number of nitrogens with zero attached hydrogens (tertiary/aromatic N) is 1. The zero-order valence-corrected chi connectivity index (χ0v) is 17.5. The summed E-state index contributed by atoms with van der Waals surface area (Å²) in [7, 11) is 0. The zero-order valence-electron chi connectivity index (χ0n) is 16.7. The molecule has 4 rings (SSSR count). The van der Waals surface area contributed by atoms with Crippen LogP contribution in [0.2, 0.25) is 5.02 Å². The van der Waals surface area contributed by atoms with Gasteiger partial charge in [-0.25, -0.2) is 0 Å². The first-order valence-corrected chi connectivity index (χ1v) is 10.2. The van der Waals surface area contributed by atoms with Gasteiger partial charge in [0.2, 0.25) is 0 Å². The summed E-state index contributed by atoms with van der Waals surface area (Å²) in [4.78, 5) is 16.8. The van der Waals surface area contributed by atoms with Gasteiger partial charge in [0, 0.05) is 22.2 Å². The molecule has 5 nitrogen and oxygen atoms in total. The zero-order chi connectivity index (χ0) is 22.9. The number of amides is 1. The van der Waals surface area contributed by atoms with Gasteiger partial charge >= 0.3 is 6.36 Å². The Bertz CT molecular complexity index is 1130. The summed E-state index contributed by atoms with van der Waals surface area (Å²) in [5, 5.41) is 3.69. The summed E-state index contributed by atoms with van der Waals surface area (Å²) in [6, 6.07) is 15.1. The fourth-order valence-corrected chi connectivity index (χ4v) is 3.87. The van der Waals surface area contributed by atoms with Crippen molar-refractivity contribution in [1.29, 1.82) is 0 Å². The molecule has 166 valence electrons. The molecular weight excluding hydrogens is 443 g/mol. The number of rotatable bonds is 5. The van der Waals surface area contributed by atoms with E-state index in [1.54, 1.807) is 36.4 Å². The molecule has 1 heterocycles. The van der Waals surface area contributed by atoms with Crippen LogP contribution in [0.3, 0.4) is 0 Å². The fraction of sp³-hybridized carbons (Fsp3) is 0.217. The van der Waals surface area contributed by atoms with Crippen LogP contribution < -0.4 is 15.8 Å². The SMILES string of the molecule is Nc1cc(OC(F)(F)F)cnc1-c1ccc(C2(NC(=O)c3ccc(Cl)cc3)CCC2)cc1. The van der Waals surface area contributed by atoms with Gasteiger partial charge in [-0.05, 0) is 49.1 Å². The largest absolute Gasteiger partial charge is 0.573 e. The number of carbonyl (C=O) groups is 1. The number of halogens is 4. The van der Waals surface area contributed by atoms with Gasteiger partial charge in [-0.1, -0.05) is 35.9 Å². The number of anilines is 1. The third-order valence-electron chi connectivity index (χ3n) is 5.50. The number of carbonyl (C=O) groups excluding carboxylic acids is 1. The second kappa shape index (κ2) is 8.35. The molecule has 0 bridgehead atoms. The van der Waals surface area contributed by atoms with E-state index in [1.807, 2.05) is 12.1 Å². The minimum Gasteiger partial charge on any atom is -0.404 e. The van der Waals surface area contributed by atoms with Crippen molar-refractivity contribution in [2.75, 3.05) is 5.73 Å². The summed E-state index contributed by atoms with van der Waals surface area (Å²) >= 11 is 5.89. The van der Waals surface area contributed by atoms with Gasteiger partial charge in [0.05, 0.1) is 23.1 Å². The molecule has 3 aromatic rings. The van der Waals surface area contributed by atoms with Gasteiger partial charge < -0.3 is 15.8 Å². The number of alkyl halides is 3. The van der Waals surface area contributed by atoms with Crippen molar-refractivity contribution in [3.05, 3.63) is 76.9 Å². The number of pyridine rings is 1. The van der Waals surface area contributed by atoms with Crippen molar-refractivity contribution in [2.45, 2.75) is 31.2 Å². The molecule has 32 heavy (non-hydrogen) atoms. The van der Waals surface area contributed by atoms with Crippen LogP contribution in [-0.2, 0) is 5.54 Å². The molecule has 0 unspecified atom stereocenters. The van der Waals surface area contributed by atoms with E-state index in [1.165, 1.54) is 0 Å². The van der Waals surface area contributed by atoms with E-state index in [4.69, 9.17) is 17.3 Å². The van der Waals surface area contributed by atoms with Crippen LogP contribution in [0.25, 0.3) is 11.3 Å². The maximum absolute atomic E-state index is 12.7. The standard InChI is InChI=1S/C23H19ClF3N3O2/c24-17-8-4-15(5-9-17)21(31)30-22(10-1-11-22)16-6-2-14(3-7-16)20-19(28)12-18(13-29-20)32-23(25,26)27/h2-9,12-13H,1,10-11,28H2,(H,30,31). The lowest BCUT2D eigenvalue weighted by atomic mass is 9.71. The smallest absolute Gasteiger partial charge is 0.404 e. The number of nitrogens with two attached hydrogens (primary N) is 1. The van der Waals surface area contributed by atoms with Crippen molar-refractivity contribution in [3.63, 3.8) is 0 Å². The molecule has 1 amide bonds. The van der Waals surface area contributed by atoms with Crippen LogP contribution in [0.5, 0.6) is 5.75 Å². The minimum atomic E-state index is -4.81. The number of nitrogen functional groups attached to an aromatic ring is 1. The molecule has 0 saturated heterocycles. The van der Waals surface area contributed by atoms with Crippen LogP contribution in [0, 0.1) is 0 Å². The van der Waals surface area contributed by atoms with Gasteiger partial charge in [0.15, 0.2) is 0 Å². The molecule has 0 spiro atoms. The Morgan fingerprint density at radius 3 is 2.28 bits per heavy atom. The molecule has 3 N–H and O–H groups in total. The summed E-state index contributed by atoms with van der Waals surface area (Å²) in [6.07, 6.45) is -1.25. The Morgan fingerprint density at radius 1 is 1.09 bits per heavy atom. The third kappa shape index (κ3) is 4.65. The van der Waals surface area contributed by atoms with Crippen molar-refractivity contribution in [2.24, 2.45) is 0 Å². The van der Waals surface area contributed by atoms with Crippen molar-refractivity contribution in [3.8, 4) is 17.0 Å². The first kappa shape index (κ1) is 22.0. The Hall–Kier alpha value is -3.26. The number of nitrogens with one attached hydrogen (secondary N) is 1. The van der Waals surface area contributed by atoms with E-state index in [0.717, 1.165) is 37.1 Å². The maximum atomic E-state index is 12.7. The van der Waals surface area contributed by atoms with Gasteiger partial charge in [-0.3, -0.25) is 9.78 Å². The van der Waals surface area contributed by atoms with E-state index in [0.29, 0.717) is 21.8 Å². The molecule has 9 heteroatoms. The molecular formula is C23H19ClF3N3O2. The van der Waals surface area contributed by atoms with E-state index >= 15 is 0 Å². The average Bonchev–Trinajstić information content (AvgIpc) is 2.70. The highest BCUT2D eigenvalue weighted by atomic mass is 35.5. The summed E-state index contributed by atoms with van der Waals surface area (Å²) in [5.74, 6) is -0.662. The van der Waals surface area contributed by atoms with Crippen molar-refractivity contribution >= 4 is 23.2 Å². The summed E-state index contributed by atoms with van der Waals surface area (Å²) < 4.78 is 41.0. The molecule has 0 aliphatic heterocycles. The van der Waals surface area contributed by atoms with E-state index in [-0.39, 0.29) is 11.6 Å².